The van der Waals surface area contributed by atoms with Crippen molar-refractivity contribution in [2.24, 2.45) is 0 Å². The molecule has 0 saturated heterocycles. The van der Waals surface area contributed by atoms with E-state index in [9.17, 15) is 0 Å². The Bertz CT molecular complexity index is 187. The first-order valence-electron chi connectivity index (χ1n) is 4.34. The summed E-state index contributed by atoms with van der Waals surface area (Å²) in [4.78, 5) is 0. The normalized spacial score (nSPS) is 12.1. The van der Waals surface area contributed by atoms with E-state index in [0.29, 0.717) is 0 Å². The van der Waals surface area contributed by atoms with E-state index in [1.165, 1.54) is 0 Å². The molecule has 0 N–H and O–H groups in total. The van der Waals surface area contributed by atoms with Gasteiger partial charge in [0.25, 0.3) is 0 Å². The highest BCUT2D eigenvalue weighted by Gasteiger charge is 1.95. The third kappa shape index (κ3) is 4.78. The van der Waals surface area contributed by atoms with Crippen LogP contribution < -0.4 is 0 Å². The van der Waals surface area contributed by atoms with Gasteiger partial charge in [0.1, 0.15) is 5.76 Å². The van der Waals surface area contributed by atoms with Crippen molar-refractivity contribution in [3.8, 4) is 0 Å². The Morgan fingerprint density at radius 3 is 2.58 bits per heavy atom. The molecule has 0 spiro atoms. The maximum absolute atomic E-state index is 5.47. The number of ether oxygens (including phenoxy) is 1. The van der Waals surface area contributed by atoms with Gasteiger partial charge in [-0.25, -0.2) is 0 Å². The second-order valence-corrected chi connectivity index (χ2v) is 2.69. The maximum Gasteiger partial charge on any atom is 0.121 e. The molecule has 0 atom stereocenters. The molecule has 1 nitrogen and oxygen atoms in total. The number of hydrogen-bond acceptors (Lipinski definition) is 1. The highest BCUT2D eigenvalue weighted by atomic mass is 16.5. The summed E-state index contributed by atoms with van der Waals surface area (Å²) < 4.78 is 5.47. The molecule has 0 bridgehead atoms. The van der Waals surface area contributed by atoms with Crippen LogP contribution in [-0.2, 0) is 4.74 Å². The average Bonchev–Trinajstić information content (AvgIpc) is 2.04. The Balaban J connectivity index is 4.13. The Hall–Kier alpha value is -0.980. The molecule has 0 heterocycles. The fraction of sp³-hybridized carbons (Fsp3) is 0.455. The third-order valence-electron chi connectivity index (χ3n) is 1.32. The van der Waals surface area contributed by atoms with Gasteiger partial charge in [-0.2, -0.15) is 0 Å². The van der Waals surface area contributed by atoms with Gasteiger partial charge in [-0.1, -0.05) is 25.7 Å². The summed E-state index contributed by atoms with van der Waals surface area (Å²) in [5.74, 6) is 0.884. The van der Waals surface area contributed by atoms with Gasteiger partial charge in [-0.05, 0) is 31.9 Å². The second kappa shape index (κ2) is 6.71. The monoisotopic (exact) mass is 166 g/mol. The van der Waals surface area contributed by atoms with Crippen LogP contribution in [-0.4, -0.2) is 6.61 Å². The largest absolute Gasteiger partial charge is 0.493 e. The van der Waals surface area contributed by atoms with Crippen LogP contribution in [0, 0.1) is 0 Å². The molecule has 0 rings (SSSR count). The summed E-state index contributed by atoms with van der Waals surface area (Å²) in [6.45, 7) is 10.6. The van der Waals surface area contributed by atoms with Crippen molar-refractivity contribution >= 4 is 0 Å². The van der Waals surface area contributed by atoms with Crippen molar-refractivity contribution in [2.75, 3.05) is 6.61 Å². The van der Waals surface area contributed by atoms with Crippen LogP contribution in [0.3, 0.4) is 0 Å². The van der Waals surface area contributed by atoms with E-state index in [2.05, 4.69) is 13.5 Å². The second-order valence-electron chi connectivity index (χ2n) is 2.69. The van der Waals surface area contributed by atoms with Gasteiger partial charge in [-0.3, -0.25) is 0 Å². The van der Waals surface area contributed by atoms with Gasteiger partial charge in [0.2, 0.25) is 0 Å². The average molecular weight is 166 g/mol. The van der Waals surface area contributed by atoms with E-state index in [1.54, 1.807) is 0 Å². The van der Waals surface area contributed by atoms with Crippen molar-refractivity contribution in [2.45, 2.75) is 27.2 Å². The molecular weight excluding hydrogens is 148 g/mol. The molecule has 68 valence electrons. The topological polar surface area (TPSA) is 9.23 Å². The van der Waals surface area contributed by atoms with Gasteiger partial charge < -0.3 is 4.74 Å². The first-order valence-corrected chi connectivity index (χ1v) is 4.34. The summed E-state index contributed by atoms with van der Waals surface area (Å²) in [7, 11) is 0. The van der Waals surface area contributed by atoms with Gasteiger partial charge >= 0.3 is 0 Å². The van der Waals surface area contributed by atoms with Crippen molar-refractivity contribution in [3.05, 3.63) is 36.1 Å². The molecular formula is C11H18O. The Morgan fingerprint density at radius 2 is 2.17 bits per heavy atom. The lowest BCUT2D eigenvalue weighted by Gasteiger charge is -2.07. The number of hydrogen-bond donors (Lipinski definition) is 0. The van der Waals surface area contributed by atoms with Crippen molar-refractivity contribution in [1.82, 2.24) is 0 Å². The van der Waals surface area contributed by atoms with Crippen molar-refractivity contribution in [3.63, 3.8) is 0 Å². The molecule has 0 aliphatic heterocycles. The first kappa shape index (κ1) is 11.0. The van der Waals surface area contributed by atoms with Gasteiger partial charge in [-0.15, -0.1) is 0 Å². The van der Waals surface area contributed by atoms with E-state index in [4.69, 9.17) is 4.74 Å². The zero-order chi connectivity index (χ0) is 9.40. The SMILES string of the molecule is C=C(C)C(=CC=CC)OCCC. The van der Waals surface area contributed by atoms with Crippen LogP contribution in [0.2, 0.25) is 0 Å². The molecule has 0 saturated carbocycles. The number of rotatable bonds is 5. The number of allylic oxidation sites excluding steroid dienone is 4. The minimum absolute atomic E-state index is 0.760. The van der Waals surface area contributed by atoms with Crippen LogP contribution >= 0.6 is 0 Å². The van der Waals surface area contributed by atoms with E-state index in [0.717, 1.165) is 24.4 Å². The molecule has 0 aromatic heterocycles. The highest BCUT2D eigenvalue weighted by Crippen LogP contribution is 2.08. The van der Waals surface area contributed by atoms with Crippen molar-refractivity contribution in [1.29, 1.82) is 0 Å². The molecule has 0 aliphatic rings. The van der Waals surface area contributed by atoms with Gasteiger partial charge in [0.05, 0.1) is 6.61 Å². The third-order valence-corrected chi connectivity index (χ3v) is 1.32. The minimum atomic E-state index is 0.760. The Labute approximate surface area is 75.4 Å². The van der Waals surface area contributed by atoms with E-state index in [-0.39, 0.29) is 0 Å². The molecule has 0 amide bonds. The minimum Gasteiger partial charge on any atom is -0.493 e. The smallest absolute Gasteiger partial charge is 0.121 e. The van der Waals surface area contributed by atoms with E-state index < -0.39 is 0 Å². The van der Waals surface area contributed by atoms with Crippen LogP contribution in [0.15, 0.2) is 36.1 Å². The van der Waals surface area contributed by atoms with E-state index >= 15 is 0 Å². The molecule has 1 heteroatoms. The quantitative estimate of drug-likeness (QED) is 0.449. The van der Waals surface area contributed by atoms with Crippen LogP contribution in [0.5, 0.6) is 0 Å². The predicted octanol–water partition coefficient (Wildman–Crippen LogP) is 3.45. The van der Waals surface area contributed by atoms with Crippen LogP contribution in [0.4, 0.5) is 0 Å². The fourth-order valence-corrected chi connectivity index (χ4v) is 0.709. The van der Waals surface area contributed by atoms with Gasteiger partial charge in [0.15, 0.2) is 0 Å². The molecule has 12 heavy (non-hydrogen) atoms. The zero-order valence-corrected chi connectivity index (χ0v) is 8.26. The summed E-state index contributed by atoms with van der Waals surface area (Å²) in [5, 5.41) is 0. The maximum atomic E-state index is 5.47. The van der Waals surface area contributed by atoms with E-state index in [1.807, 2.05) is 32.1 Å². The fourth-order valence-electron chi connectivity index (χ4n) is 0.709. The molecule has 0 radical (unpaired) electrons. The highest BCUT2D eigenvalue weighted by molar-refractivity contribution is 5.24. The molecule has 0 aromatic rings. The summed E-state index contributed by atoms with van der Waals surface area (Å²) in [6.07, 6.45) is 6.90. The van der Waals surface area contributed by atoms with Crippen LogP contribution in [0.25, 0.3) is 0 Å². The summed E-state index contributed by atoms with van der Waals surface area (Å²) in [6, 6.07) is 0. The molecule has 0 aromatic carbocycles. The molecule has 0 unspecified atom stereocenters. The first-order chi connectivity index (χ1) is 5.72. The summed E-state index contributed by atoms with van der Waals surface area (Å²) in [5.41, 5.74) is 0.974. The Morgan fingerprint density at radius 1 is 1.50 bits per heavy atom. The lowest BCUT2D eigenvalue weighted by atomic mass is 10.2. The lowest BCUT2D eigenvalue weighted by molar-refractivity contribution is 0.220. The standard InChI is InChI=1S/C11H18O/c1-5-7-8-11(10(3)4)12-9-6-2/h5,7-8H,3,6,9H2,1-2,4H3. The van der Waals surface area contributed by atoms with Crippen LogP contribution in [0.1, 0.15) is 27.2 Å². The van der Waals surface area contributed by atoms with Gasteiger partial charge in [0, 0.05) is 0 Å². The van der Waals surface area contributed by atoms with Crippen molar-refractivity contribution < 1.29 is 4.74 Å². The summed E-state index contributed by atoms with van der Waals surface area (Å²) >= 11 is 0. The predicted molar refractivity (Wildman–Crippen MR) is 54.0 cm³/mol. The zero-order valence-electron chi connectivity index (χ0n) is 8.26. The lowest BCUT2D eigenvalue weighted by Crippen LogP contribution is -1.94. The molecule has 0 aliphatic carbocycles. The Kier molecular flexibility index (Phi) is 6.16. The molecule has 0 fully saturated rings.